The molecule has 0 heterocycles. The van der Waals surface area contributed by atoms with Gasteiger partial charge in [0.15, 0.2) is 0 Å². The lowest BCUT2D eigenvalue weighted by Gasteiger charge is -2.30. The molecule has 1 aromatic rings. The number of hydrogen-bond donors (Lipinski definition) is 1. The molecule has 2 heteroatoms. The molecule has 3 atom stereocenters. The Bertz CT molecular complexity index is 358. The average molecular weight is 263 g/mol. The zero-order chi connectivity index (χ0) is 13.0. The Morgan fingerprint density at radius 2 is 1.89 bits per heavy atom. The normalized spacial score (nSPS) is 25.9. The number of nitrogens with two attached hydrogens (primary N) is 1. The van der Waals surface area contributed by atoms with Gasteiger partial charge in [-0.3, -0.25) is 0 Å². The highest BCUT2D eigenvalue weighted by molar-refractivity contribution is 8.00. The van der Waals surface area contributed by atoms with E-state index in [1.807, 2.05) is 6.92 Å². The Morgan fingerprint density at radius 3 is 2.50 bits per heavy atom. The van der Waals surface area contributed by atoms with Crippen LogP contribution in [0.25, 0.3) is 0 Å². The third kappa shape index (κ3) is 3.52. The van der Waals surface area contributed by atoms with E-state index in [0.717, 1.165) is 11.2 Å². The first kappa shape index (κ1) is 14.0. The number of thioether (sulfide) groups is 1. The fourth-order valence-electron chi connectivity index (χ4n) is 2.82. The molecule has 0 aliphatic heterocycles. The van der Waals surface area contributed by atoms with E-state index in [4.69, 9.17) is 5.73 Å². The molecular formula is C16H25NS. The third-order valence-electron chi connectivity index (χ3n) is 4.06. The van der Waals surface area contributed by atoms with E-state index in [9.17, 15) is 0 Å². The molecule has 1 nitrogen and oxygen atoms in total. The van der Waals surface area contributed by atoms with E-state index in [0.29, 0.717) is 0 Å². The maximum absolute atomic E-state index is 5.88. The second kappa shape index (κ2) is 6.63. The van der Waals surface area contributed by atoms with Gasteiger partial charge in [0.25, 0.3) is 0 Å². The average Bonchev–Trinajstić information content (AvgIpc) is 2.40. The first-order valence-electron chi connectivity index (χ1n) is 7.23. The van der Waals surface area contributed by atoms with Crippen LogP contribution in [0.2, 0.25) is 0 Å². The van der Waals surface area contributed by atoms with Crippen LogP contribution in [-0.2, 0) is 0 Å². The van der Waals surface area contributed by atoms with E-state index in [2.05, 4.69) is 43.0 Å². The van der Waals surface area contributed by atoms with Gasteiger partial charge in [-0.2, -0.15) is 0 Å². The molecule has 0 saturated heterocycles. The van der Waals surface area contributed by atoms with E-state index >= 15 is 0 Å². The zero-order valence-electron chi connectivity index (χ0n) is 11.6. The second-order valence-electron chi connectivity index (χ2n) is 5.47. The van der Waals surface area contributed by atoms with E-state index in [1.54, 1.807) is 0 Å². The molecule has 0 radical (unpaired) electrons. The van der Waals surface area contributed by atoms with Crippen LogP contribution >= 0.6 is 11.8 Å². The van der Waals surface area contributed by atoms with Crippen molar-refractivity contribution in [1.82, 2.24) is 0 Å². The van der Waals surface area contributed by atoms with Gasteiger partial charge in [0.1, 0.15) is 0 Å². The summed E-state index contributed by atoms with van der Waals surface area (Å²) in [5, 5.41) is 0.824. The molecule has 1 aliphatic carbocycles. The van der Waals surface area contributed by atoms with Crippen LogP contribution in [0.15, 0.2) is 29.2 Å². The Kier molecular flexibility index (Phi) is 5.13. The van der Waals surface area contributed by atoms with Crippen LogP contribution in [-0.4, -0.2) is 5.25 Å². The minimum absolute atomic E-state index is 0.141. The highest BCUT2D eigenvalue weighted by Gasteiger charge is 2.24. The fourth-order valence-corrected chi connectivity index (χ4v) is 4.27. The SMILES string of the molecule is CCC1CCCCC1Sc1ccc(C(C)N)cc1. The van der Waals surface area contributed by atoms with Crippen molar-refractivity contribution in [3.8, 4) is 0 Å². The van der Waals surface area contributed by atoms with Gasteiger partial charge >= 0.3 is 0 Å². The molecule has 18 heavy (non-hydrogen) atoms. The monoisotopic (exact) mass is 263 g/mol. The van der Waals surface area contributed by atoms with Crippen molar-refractivity contribution in [1.29, 1.82) is 0 Å². The van der Waals surface area contributed by atoms with Crippen LogP contribution in [0.4, 0.5) is 0 Å². The molecule has 1 saturated carbocycles. The molecule has 1 fully saturated rings. The largest absolute Gasteiger partial charge is 0.324 e. The number of benzene rings is 1. The predicted octanol–water partition coefficient (Wildman–Crippen LogP) is 4.77. The van der Waals surface area contributed by atoms with Gasteiger partial charge in [-0.05, 0) is 43.4 Å². The van der Waals surface area contributed by atoms with Crippen molar-refractivity contribution in [3.63, 3.8) is 0 Å². The lowest BCUT2D eigenvalue weighted by molar-refractivity contribution is 0.361. The molecule has 0 aromatic heterocycles. The van der Waals surface area contributed by atoms with Gasteiger partial charge in [-0.1, -0.05) is 38.3 Å². The predicted molar refractivity (Wildman–Crippen MR) is 80.9 cm³/mol. The van der Waals surface area contributed by atoms with Crippen LogP contribution in [0, 0.1) is 5.92 Å². The summed E-state index contributed by atoms with van der Waals surface area (Å²) in [4.78, 5) is 1.41. The molecule has 0 bridgehead atoms. The van der Waals surface area contributed by atoms with E-state index < -0.39 is 0 Å². The lowest BCUT2D eigenvalue weighted by atomic mass is 9.87. The molecule has 2 N–H and O–H groups in total. The van der Waals surface area contributed by atoms with Gasteiger partial charge < -0.3 is 5.73 Å². The van der Waals surface area contributed by atoms with Crippen LogP contribution in [0.3, 0.4) is 0 Å². The van der Waals surface area contributed by atoms with Crippen molar-refractivity contribution in [2.24, 2.45) is 11.7 Å². The summed E-state index contributed by atoms with van der Waals surface area (Å²) in [7, 11) is 0. The van der Waals surface area contributed by atoms with Crippen molar-refractivity contribution in [3.05, 3.63) is 29.8 Å². The van der Waals surface area contributed by atoms with Gasteiger partial charge in [-0.25, -0.2) is 0 Å². The highest BCUT2D eigenvalue weighted by Crippen LogP contribution is 2.39. The summed E-state index contributed by atoms with van der Waals surface area (Å²) < 4.78 is 0. The quantitative estimate of drug-likeness (QED) is 0.847. The molecule has 1 aliphatic rings. The minimum atomic E-state index is 0.141. The topological polar surface area (TPSA) is 26.0 Å². The summed E-state index contributed by atoms with van der Waals surface area (Å²) in [5.74, 6) is 0.914. The maximum Gasteiger partial charge on any atom is 0.0266 e. The summed E-state index contributed by atoms with van der Waals surface area (Å²) in [6.07, 6.45) is 6.98. The highest BCUT2D eigenvalue weighted by atomic mass is 32.2. The smallest absolute Gasteiger partial charge is 0.0266 e. The summed E-state index contributed by atoms with van der Waals surface area (Å²) in [6, 6.07) is 8.98. The second-order valence-corrected chi connectivity index (χ2v) is 6.78. The minimum Gasteiger partial charge on any atom is -0.324 e. The lowest BCUT2D eigenvalue weighted by Crippen LogP contribution is -2.21. The van der Waals surface area contributed by atoms with Crippen molar-refractivity contribution >= 4 is 11.8 Å². The third-order valence-corrected chi connectivity index (χ3v) is 5.52. The zero-order valence-corrected chi connectivity index (χ0v) is 12.4. The van der Waals surface area contributed by atoms with Gasteiger partial charge in [0.05, 0.1) is 0 Å². The molecule has 1 aromatic carbocycles. The molecule has 100 valence electrons. The molecule has 0 amide bonds. The summed E-state index contributed by atoms with van der Waals surface area (Å²) in [5.41, 5.74) is 7.12. The number of hydrogen-bond acceptors (Lipinski definition) is 2. The van der Waals surface area contributed by atoms with Crippen LogP contribution in [0.5, 0.6) is 0 Å². The summed E-state index contributed by atoms with van der Waals surface area (Å²) in [6.45, 7) is 4.37. The van der Waals surface area contributed by atoms with Crippen molar-refractivity contribution < 1.29 is 0 Å². The van der Waals surface area contributed by atoms with Gasteiger partial charge in [0.2, 0.25) is 0 Å². The number of rotatable bonds is 4. The van der Waals surface area contributed by atoms with E-state index in [-0.39, 0.29) is 6.04 Å². The Morgan fingerprint density at radius 1 is 1.22 bits per heavy atom. The maximum atomic E-state index is 5.88. The van der Waals surface area contributed by atoms with Crippen molar-refractivity contribution in [2.45, 2.75) is 62.1 Å². The molecule has 3 unspecified atom stereocenters. The Balaban J connectivity index is 1.99. The Labute approximate surface area is 116 Å². The van der Waals surface area contributed by atoms with Crippen LogP contribution < -0.4 is 5.73 Å². The first-order chi connectivity index (χ1) is 8.70. The van der Waals surface area contributed by atoms with Gasteiger partial charge in [0, 0.05) is 16.2 Å². The Hall–Kier alpha value is -0.470. The molecule has 2 rings (SSSR count). The fraction of sp³-hybridized carbons (Fsp3) is 0.625. The molecular weight excluding hydrogens is 238 g/mol. The summed E-state index contributed by atoms with van der Waals surface area (Å²) >= 11 is 2.08. The molecule has 0 spiro atoms. The van der Waals surface area contributed by atoms with Crippen molar-refractivity contribution in [2.75, 3.05) is 0 Å². The first-order valence-corrected chi connectivity index (χ1v) is 8.11. The standard InChI is InChI=1S/C16H25NS/c1-3-13-6-4-5-7-16(13)18-15-10-8-14(9-11-15)12(2)17/h8-13,16H,3-7,17H2,1-2H3. The van der Waals surface area contributed by atoms with Gasteiger partial charge in [-0.15, -0.1) is 11.8 Å². The van der Waals surface area contributed by atoms with Crippen LogP contribution in [0.1, 0.15) is 57.6 Å². The van der Waals surface area contributed by atoms with E-state index in [1.165, 1.54) is 42.6 Å².